The highest BCUT2D eigenvalue weighted by Gasteiger charge is 2.35. The lowest BCUT2D eigenvalue weighted by Gasteiger charge is -2.22. The van der Waals surface area contributed by atoms with Gasteiger partial charge in [-0.1, -0.05) is 36.4 Å². The van der Waals surface area contributed by atoms with E-state index in [4.69, 9.17) is 0 Å². The van der Waals surface area contributed by atoms with E-state index in [9.17, 15) is 9.59 Å². The predicted octanol–water partition coefficient (Wildman–Crippen LogP) is 2.72. The zero-order chi connectivity index (χ0) is 15.8. The average molecular weight is 308 g/mol. The molecule has 2 aliphatic rings. The molecule has 2 saturated carbocycles. The van der Waals surface area contributed by atoms with Crippen molar-refractivity contribution in [2.75, 3.05) is 6.54 Å². The molecule has 0 radical (unpaired) electrons. The molecule has 0 spiro atoms. The van der Waals surface area contributed by atoms with E-state index < -0.39 is 0 Å². The molecule has 2 amide bonds. The van der Waals surface area contributed by atoms with Crippen molar-refractivity contribution >= 4 is 22.6 Å². The van der Waals surface area contributed by atoms with Crippen molar-refractivity contribution in [3.63, 3.8) is 0 Å². The van der Waals surface area contributed by atoms with Crippen LogP contribution in [0.2, 0.25) is 0 Å². The molecule has 0 aliphatic heterocycles. The highest BCUT2D eigenvalue weighted by Crippen LogP contribution is 2.30. The van der Waals surface area contributed by atoms with Crippen LogP contribution in [-0.2, 0) is 4.79 Å². The second-order valence-corrected chi connectivity index (χ2v) is 6.53. The topological polar surface area (TPSA) is 49.4 Å². The molecule has 2 aromatic rings. The maximum atomic E-state index is 13.0. The van der Waals surface area contributed by atoms with E-state index in [0.29, 0.717) is 11.6 Å². The number of amides is 2. The summed E-state index contributed by atoms with van der Waals surface area (Å²) in [6.45, 7) is 0.170. The van der Waals surface area contributed by atoms with E-state index in [0.717, 1.165) is 36.5 Å². The van der Waals surface area contributed by atoms with Crippen molar-refractivity contribution in [1.29, 1.82) is 0 Å². The SMILES string of the molecule is O=C(CN(C(=O)c1cccc2ccccc12)C1CC1)NC1CC1. The molecule has 23 heavy (non-hydrogen) atoms. The smallest absolute Gasteiger partial charge is 0.255 e. The van der Waals surface area contributed by atoms with Crippen LogP contribution in [0.3, 0.4) is 0 Å². The molecule has 0 bridgehead atoms. The average Bonchev–Trinajstić information content (AvgIpc) is 3.45. The molecule has 0 atom stereocenters. The van der Waals surface area contributed by atoms with E-state index in [1.807, 2.05) is 42.5 Å². The van der Waals surface area contributed by atoms with Gasteiger partial charge in [0.1, 0.15) is 6.54 Å². The summed E-state index contributed by atoms with van der Waals surface area (Å²) in [6.07, 6.45) is 4.11. The number of nitrogens with one attached hydrogen (secondary N) is 1. The lowest BCUT2D eigenvalue weighted by molar-refractivity contribution is -0.122. The number of benzene rings is 2. The third-order valence-corrected chi connectivity index (χ3v) is 4.52. The van der Waals surface area contributed by atoms with Gasteiger partial charge in [-0.05, 0) is 42.5 Å². The third-order valence-electron chi connectivity index (χ3n) is 4.52. The van der Waals surface area contributed by atoms with Crippen molar-refractivity contribution in [3.8, 4) is 0 Å². The van der Waals surface area contributed by atoms with Gasteiger partial charge in [-0.15, -0.1) is 0 Å². The van der Waals surface area contributed by atoms with Crippen LogP contribution in [0.25, 0.3) is 10.8 Å². The zero-order valence-electron chi connectivity index (χ0n) is 13.0. The Morgan fingerprint density at radius 1 is 1.00 bits per heavy atom. The van der Waals surface area contributed by atoms with Crippen LogP contribution < -0.4 is 5.32 Å². The molecule has 2 fully saturated rings. The van der Waals surface area contributed by atoms with Gasteiger partial charge in [-0.2, -0.15) is 0 Å². The van der Waals surface area contributed by atoms with Crippen LogP contribution in [0.15, 0.2) is 42.5 Å². The highest BCUT2D eigenvalue weighted by molar-refractivity contribution is 6.08. The standard InChI is InChI=1S/C19H20N2O2/c22-18(20-14-8-9-14)12-21(15-10-11-15)19(23)17-7-3-5-13-4-1-2-6-16(13)17/h1-7,14-15H,8-12H2,(H,20,22). The highest BCUT2D eigenvalue weighted by atomic mass is 16.2. The minimum atomic E-state index is -0.0343. The van der Waals surface area contributed by atoms with Gasteiger partial charge in [-0.25, -0.2) is 0 Å². The van der Waals surface area contributed by atoms with Gasteiger partial charge in [-0.3, -0.25) is 9.59 Å². The zero-order valence-corrected chi connectivity index (χ0v) is 13.0. The molecule has 118 valence electrons. The van der Waals surface area contributed by atoms with Crippen LogP contribution in [0, 0.1) is 0 Å². The summed E-state index contributed by atoms with van der Waals surface area (Å²) >= 11 is 0. The molecule has 0 unspecified atom stereocenters. The second-order valence-electron chi connectivity index (χ2n) is 6.53. The summed E-state index contributed by atoms with van der Waals surface area (Å²) < 4.78 is 0. The summed E-state index contributed by atoms with van der Waals surface area (Å²) in [7, 11) is 0. The summed E-state index contributed by atoms with van der Waals surface area (Å²) in [6, 6.07) is 14.2. The molecule has 2 aliphatic carbocycles. The molecular weight excluding hydrogens is 288 g/mol. The monoisotopic (exact) mass is 308 g/mol. The summed E-state index contributed by atoms with van der Waals surface area (Å²) in [5, 5.41) is 4.98. The predicted molar refractivity (Wildman–Crippen MR) is 89.2 cm³/mol. The van der Waals surface area contributed by atoms with Crippen molar-refractivity contribution in [1.82, 2.24) is 10.2 Å². The van der Waals surface area contributed by atoms with Gasteiger partial charge < -0.3 is 10.2 Å². The van der Waals surface area contributed by atoms with Gasteiger partial charge in [0.25, 0.3) is 5.91 Å². The van der Waals surface area contributed by atoms with Crippen LogP contribution in [0.4, 0.5) is 0 Å². The Morgan fingerprint density at radius 2 is 1.74 bits per heavy atom. The third kappa shape index (κ3) is 3.07. The molecule has 4 nitrogen and oxygen atoms in total. The Hall–Kier alpha value is -2.36. The van der Waals surface area contributed by atoms with E-state index in [2.05, 4.69) is 5.32 Å². The van der Waals surface area contributed by atoms with Crippen molar-refractivity contribution in [2.24, 2.45) is 0 Å². The normalized spacial score (nSPS) is 17.0. The maximum absolute atomic E-state index is 13.0. The largest absolute Gasteiger partial charge is 0.352 e. The minimum Gasteiger partial charge on any atom is -0.352 e. The lowest BCUT2D eigenvalue weighted by Crippen LogP contribution is -2.42. The Bertz CT molecular complexity index is 758. The van der Waals surface area contributed by atoms with E-state index >= 15 is 0 Å². The number of fused-ring (bicyclic) bond motifs is 1. The minimum absolute atomic E-state index is 0.0322. The first-order chi connectivity index (χ1) is 11.2. The number of carbonyl (C=O) groups excluding carboxylic acids is 2. The number of nitrogens with zero attached hydrogens (tertiary/aromatic N) is 1. The first kappa shape index (κ1) is 14.2. The molecular formula is C19H20N2O2. The lowest BCUT2D eigenvalue weighted by atomic mass is 10.0. The van der Waals surface area contributed by atoms with E-state index in [-0.39, 0.29) is 24.4 Å². The van der Waals surface area contributed by atoms with Crippen LogP contribution in [0.5, 0.6) is 0 Å². The van der Waals surface area contributed by atoms with Crippen LogP contribution in [-0.4, -0.2) is 35.3 Å². The summed E-state index contributed by atoms with van der Waals surface area (Å²) in [4.78, 5) is 26.9. The number of hydrogen-bond donors (Lipinski definition) is 1. The Balaban J connectivity index is 1.60. The fraction of sp³-hybridized carbons (Fsp3) is 0.368. The molecule has 1 N–H and O–H groups in total. The molecule has 0 heterocycles. The Kier molecular flexibility index (Phi) is 3.52. The Morgan fingerprint density at radius 3 is 2.48 bits per heavy atom. The van der Waals surface area contributed by atoms with Gasteiger partial charge in [0.15, 0.2) is 0 Å². The molecule has 2 aromatic carbocycles. The van der Waals surface area contributed by atoms with Crippen LogP contribution >= 0.6 is 0 Å². The fourth-order valence-electron chi connectivity index (χ4n) is 2.98. The number of hydrogen-bond acceptors (Lipinski definition) is 2. The van der Waals surface area contributed by atoms with Crippen LogP contribution in [0.1, 0.15) is 36.0 Å². The first-order valence-electron chi connectivity index (χ1n) is 8.30. The molecule has 0 aromatic heterocycles. The maximum Gasteiger partial charge on any atom is 0.255 e. The molecule has 0 saturated heterocycles. The van der Waals surface area contributed by atoms with Gasteiger partial charge in [0.05, 0.1) is 0 Å². The Labute approximate surface area is 135 Å². The van der Waals surface area contributed by atoms with E-state index in [1.54, 1.807) is 4.90 Å². The van der Waals surface area contributed by atoms with E-state index in [1.165, 1.54) is 0 Å². The first-order valence-corrected chi connectivity index (χ1v) is 8.30. The molecule has 4 heteroatoms. The quantitative estimate of drug-likeness (QED) is 0.923. The fourth-order valence-corrected chi connectivity index (χ4v) is 2.98. The second kappa shape index (κ2) is 5.69. The van der Waals surface area contributed by atoms with Gasteiger partial charge in [0.2, 0.25) is 5.91 Å². The van der Waals surface area contributed by atoms with Gasteiger partial charge >= 0.3 is 0 Å². The number of rotatable bonds is 5. The van der Waals surface area contributed by atoms with Crippen molar-refractivity contribution in [3.05, 3.63) is 48.0 Å². The van der Waals surface area contributed by atoms with Crippen molar-refractivity contribution in [2.45, 2.75) is 37.8 Å². The summed E-state index contributed by atoms with van der Waals surface area (Å²) in [5.41, 5.74) is 0.689. The molecule has 4 rings (SSSR count). The summed E-state index contributed by atoms with van der Waals surface area (Å²) in [5.74, 6) is -0.0665. The van der Waals surface area contributed by atoms with Gasteiger partial charge in [0, 0.05) is 17.6 Å². The number of carbonyl (C=O) groups is 2. The van der Waals surface area contributed by atoms with Crippen molar-refractivity contribution < 1.29 is 9.59 Å².